The van der Waals surface area contributed by atoms with E-state index in [1.54, 1.807) is 20.8 Å². The Morgan fingerprint density at radius 3 is 2.10 bits per heavy atom. The van der Waals surface area contributed by atoms with Crippen molar-refractivity contribution in [2.45, 2.75) is 57.1 Å². The monoisotopic (exact) mass is 570 g/mol. The van der Waals surface area contributed by atoms with Crippen molar-refractivity contribution in [1.29, 1.82) is 0 Å². The van der Waals surface area contributed by atoms with Crippen LogP contribution < -0.4 is 10.0 Å². The maximum atomic E-state index is 12.8. The van der Waals surface area contributed by atoms with Crippen LogP contribution >= 0.6 is 11.9 Å². The quantitative estimate of drug-likeness (QED) is 0.129. The smallest absolute Gasteiger partial charge is 0.425 e. The normalized spacial score (nSPS) is 14.8. The van der Waals surface area contributed by atoms with E-state index in [9.17, 15) is 24.0 Å². The summed E-state index contributed by atoms with van der Waals surface area (Å²) in [5, 5.41) is 4.07. The first-order valence-corrected chi connectivity index (χ1v) is 13.1. The van der Waals surface area contributed by atoms with Crippen LogP contribution in [0.5, 0.6) is 0 Å². The number of ether oxygens (including phenoxy) is 4. The van der Waals surface area contributed by atoms with Crippen LogP contribution in [0.4, 0.5) is 9.59 Å². The van der Waals surface area contributed by atoms with Gasteiger partial charge in [0.1, 0.15) is 30.7 Å². The lowest BCUT2D eigenvalue weighted by Gasteiger charge is -2.34. The maximum Gasteiger partial charge on any atom is 0.425 e. The average molecular weight is 571 g/mol. The van der Waals surface area contributed by atoms with E-state index in [1.165, 1.54) is 28.2 Å². The highest BCUT2D eigenvalue weighted by atomic mass is 32.2. The SMILES string of the molecule is C=CCOC(=O)CCC(SNC(=O)N[C@H](C(=O)OCC=C)N1CCCN1C(=O)OC(C)(C)C)C(=O)OCC=C. The number of urea groups is 1. The predicted molar refractivity (Wildman–Crippen MR) is 144 cm³/mol. The molecule has 0 aliphatic carbocycles. The van der Waals surface area contributed by atoms with Gasteiger partial charge in [-0.3, -0.25) is 14.3 Å². The third-order valence-electron chi connectivity index (χ3n) is 4.68. The molecule has 0 aromatic rings. The Morgan fingerprint density at radius 1 is 0.923 bits per heavy atom. The number of esters is 3. The number of nitrogens with one attached hydrogen (secondary N) is 2. The second-order valence-electron chi connectivity index (χ2n) is 9.05. The predicted octanol–water partition coefficient (Wildman–Crippen LogP) is 2.45. The van der Waals surface area contributed by atoms with E-state index in [0.717, 1.165) is 0 Å². The van der Waals surface area contributed by atoms with Gasteiger partial charge in [-0.2, -0.15) is 5.01 Å². The summed E-state index contributed by atoms with van der Waals surface area (Å²) in [7, 11) is 0. The molecule has 0 saturated carbocycles. The average Bonchev–Trinajstić information content (AvgIpc) is 3.36. The van der Waals surface area contributed by atoms with E-state index in [-0.39, 0.29) is 45.8 Å². The molecule has 3 amide bonds. The van der Waals surface area contributed by atoms with Crippen molar-refractivity contribution in [3.8, 4) is 0 Å². The number of carbonyl (C=O) groups is 5. The van der Waals surface area contributed by atoms with Crippen LogP contribution in [0.1, 0.15) is 40.0 Å². The van der Waals surface area contributed by atoms with Gasteiger partial charge in [-0.05, 0) is 45.6 Å². The molecule has 218 valence electrons. The van der Waals surface area contributed by atoms with Crippen molar-refractivity contribution in [2.24, 2.45) is 0 Å². The fourth-order valence-corrected chi connectivity index (χ4v) is 3.80. The Hall–Kier alpha value is -3.52. The number of amides is 3. The van der Waals surface area contributed by atoms with Crippen LogP contribution in [0.25, 0.3) is 0 Å². The molecule has 0 bridgehead atoms. The summed E-state index contributed by atoms with van der Waals surface area (Å²) >= 11 is 0.692. The van der Waals surface area contributed by atoms with Crippen molar-refractivity contribution in [2.75, 3.05) is 32.9 Å². The van der Waals surface area contributed by atoms with Gasteiger partial charge in [0.25, 0.3) is 0 Å². The molecule has 14 heteroatoms. The molecule has 0 radical (unpaired) electrons. The van der Waals surface area contributed by atoms with Crippen LogP contribution in [0, 0.1) is 0 Å². The molecule has 1 aliphatic heterocycles. The summed E-state index contributed by atoms with van der Waals surface area (Å²) in [4.78, 5) is 62.7. The summed E-state index contributed by atoms with van der Waals surface area (Å²) in [5.74, 6) is -2.07. The fourth-order valence-electron chi connectivity index (χ4n) is 3.10. The summed E-state index contributed by atoms with van der Waals surface area (Å²) in [5.41, 5.74) is -0.779. The molecule has 39 heavy (non-hydrogen) atoms. The Labute approximate surface area is 233 Å². The standard InChI is InChI=1S/C25H38N4O9S/c1-7-15-35-19(30)12-11-18(21(31)36-16-8-2)39-27-23(33)26-20(22(32)37-17-9-3)28-13-10-14-29(28)24(34)38-25(4,5)6/h7-9,18,20H,1-3,10-17H2,4-6H3,(H2,26,27,33)/t18?,20-/m0/s1. The maximum absolute atomic E-state index is 12.8. The second-order valence-corrected chi connectivity index (χ2v) is 10.1. The summed E-state index contributed by atoms with van der Waals surface area (Å²) in [6, 6.07) is -0.854. The Bertz CT molecular complexity index is 906. The highest BCUT2D eigenvalue weighted by Crippen LogP contribution is 2.20. The lowest BCUT2D eigenvalue weighted by Crippen LogP contribution is -2.60. The first kappa shape index (κ1) is 33.5. The lowest BCUT2D eigenvalue weighted by atomic mass is 10.2. The van der Waals surface area contributed by atoms with E-state index in [0.29, 0.717) is 18.4 Å². The van der Waals surface area contributed by atoms with Crippen LogP contribution in [-0.4, -0.2) is 90.0 Å². The van der Waals surface area contributed by atoms with E-state index >= 15 is 0 Å². The first-order valence-electron chi connectivity index (χ1n) is 12.2. The highest BCUT2D eigenvalue weighted by molar-refractivity contribution is 7.99. The van der Waals surface area contributed by atoms with Crippen molar-refractivity contribution >= 4 is 42.0 Å². The summed E-state index contributed by atoms with van der Waals surface area (Å²) in [6.07, 6.45) is 2.47. The molecule has 1 heterocycles. The van der Waals surface area contributed by atoms with Gasteiger partial charge in [0.2, 0.25) is 6.17 Å². The molecule has 1 fully saturated rings. The number of hydrogen-bond acceptors (Lipinski definition) is 11. The molecule has 1 saturated heterocycles. The van der Waals surface area contributed by atoms with E-state index in [1.807, 2.05) is 0 Å². The van der Waals surface area contributed by atoms with Gasteiger partial charge >= 0.3 is 30.0 Å². The number of nitrogens with zero attached hydrogens (tertiary/aromatic N) is 2. The number of carbonyl (C=O) groups excluding carboxylic acids is 5. The molecule has 1 rings (SSSR count). The number of hydrazine groups is 1. The first-order chi connectivity index (χ1) is 18.4. The fraction of sp³-hybridized carbons (Fsp3) is 0.560. The van der Waals surface area contributed by atoms with E-state index < -0.39 is 47.0 Å². The Morgan fingerprint density at radius 2 is 1.51 bits per heavy atom. The van der Waals surface area contributed by atoms with Crippen molar-refractivity contribution < 1.29 is 42.9 Å². The molecule has 0 aromatic carbocycles. The van der Waals surface area contributed by atoms with Crippen molar-refractivity contribution in [3.05, 3.63) is 38.0 Å². The molecule has 1 unspecified atom stereocenters. The van der Waals surface area contributed by atoms with Gasteiger partial charge in [-0.25, -0.2) is 19.4 Å². The largest absolute Gasteiger partial charge is 0.461 e. The van der Waals surface area contributed by atoms with Crippen molar-refractivity contribution in [1.82, 2.24) is 20.1 Å². The minimum atomic E-state index is -1.39. The molecular weight excluding hydrogens is 532 g/mol. The summed E-state index contributed by atoms with van der Waals surface area (Å²) in [6.45, 7) is 15.9. The molecule has 13 nitrogen and oxygen atoms in total. The van der Waals surface area contributed by atoms with Gasteiger partial charge in [0.15, 0.2) is 0 Å². The van der Waals surface area contributed by atoms with Crippen LogP contribution in [0.2, 0.25) is 0 Å². The highest BCUT2D eigenvalue weighted by Gasteiger charge is 2.40. The molecule has 0 aromatic heterocycles. The second kappa shape index (κ2) is 17.1. The zero-order valence-corrected chi connectivity index (χ0v) is 23.5. The third kappa shape index (κ3) is 12.7. The van der Waals surface area contributed by atoms with Gasteiger partial charge in [0, 0.05) is 19.5 Å². The Balaban J connectivity index is 2.95. The summed E-state index contributed by atoms with van der Waals surface area (Å²) < 4.78 is 23.0. The minimum absolute atomic E-state index is 0.000249. The Kier molecular flexibility index (Phi) is 14.7. The minimum Gasteiger partial charge on any atom is -0.461 e. The zero-order valence-electron chi connectivity index (χ0n) is 22.6. The van der Waals surface area contributed by atoms with E-state index in [2.05, 4.69) is 29.8 Å². The van der Waals surface area contributed by atoms with Gasteiger partial charge in [0.05, 0.1) is 0 Å². The number of rotatable bonds is 15. The lowest BCUT2D eigenvalue weighted by molar-refractivity contribution is -0.155. The molecule has 0 spiro atoms. The van der Waals surface area contributed by atoms with Crippen LogP contribution in [-0.2, 0) is 33.3 Å². The molecule has 2 atom stereocenters. The topological polar surface area (TPSA) is 153 Å². The van der Waals surface area contributed by atoms with Gasteiger partial charge in [-0.15, -0.1) is 0 Å². The van der Waals surface area contributed by atoms with Gasteiger partial charge in [-0.1, -0.05) is 38.0 Å². The number of hydrogen-bond donors (Lipinski definition) is 2. The molecule has 1 aliphatic rings. The van der Waals surface area contributed by atoms with Gasteiger partial charge < -0.3 is 24.3 Å². The van der Waals surface area contributed by atoms with Crippen molar-refractivity contribution in [3.63, 3.8) is 0 Å². The molecule has 2 N–H and O–H groups in total. The van der Waals surface area contributed by atoms with E-state index in [4.69, 9.17) is 18.9 Å². The third-order valence-corrected chi connectivity index (χ3v) is 5.69. The zero-order chi connectivity index (χ0) is 29.4. The van der Waals surface area contributed by atoms with Crippen LogP contribution in [0.3, 0.4) is 0 Å². The molecular formula is C25H38N4O9S. The van der Waals surface area contributed by atoms with Crippen LogP contribution in [0.15, 0.2) is 38.0 Å².